The summed E-state index contributed by atoms with van der Waals surface area (Å²) in [6.45, 7) is 12.0. The van der Waals surface area contributed by atoms with Gasteiger partial charge in [0.15, 0.2) is 0 Å². The van der Waals surface area contributed by atoms with E-state index < -0.39 is 0 Å². The maximum Gasteiger partial charge on any atom is 0.251 e. The number of carbonyl (C=O) groups excluding carboxylic acids is 1. The van der Waals surface area contributed by atoms with Crippen LogP contribution in [0.25, 0.3) is 0 Å². The Balaban J connectivity index is 1.57. The Morgan fingerprint density at radius 3 is 2.14 bits per heavy atom. The van der Waals surface area contributed by atoms with E-state index >= 15 is 0 Å². The number of piperidine rings is 1. The van der Waals surface area contributed by atoms with Gasteiger partial charge in [0.2, 0.25) is 0 Å². The van der Waals surface area contributed by atoms with Crippen molar-refractivity contribution in [1.29, 1.82) is 0 Å². The second-order valence-corrected chi connectivity index (χ2v) is 9.10. The lowest BCUT2D eigenvalue weighted by Gasteiger charge is -2.26. The predicted molar refractivity (Wildman–Crippen MR) is 117 cm³/mol. The topological polar surface area (TPSA) is 32.3 Å². The first-order valence-corrected chi connectivity index (χ1v) is 10.6. The van der Waals surface area contributed by atoms with E-state index in [0.717, 1.165) is 17.7 Å². The number of amides is 1. The Kier molecular flexibility index (Phi) is 6.56. The molecule has 1 N–H and O–H groups in total. The molecule has 3 rings (SSSR count). The molecule has 0 aliphatic carbocycles. The number of likely N-dealkylation sites (tertiary alicyclic amines) is 1. The van der Waals surface area contributed by atoms with E-state index in [1.807, 2.05) is 19.1 Å². The lowest BCUT2D eigenvalue weighted by atomic mass is 9.86. The lowest BCUT2D eigenvalue weighted by molar-refractivity contribution is 0.0940. The largest absolute Gasteiger partial charge is 0.346 e. The fourth-order valence-corrected chi connectivity index (χ4v) is 3.77. The van der Waals surface area contributed by atoms with Gasteiger partial charge in [0, 0.05) is 12.1 Å². The van der Waals surface area contributed by atoms with Gasteiger partial charge in [-0.2, -0.15) is 0 Å². The van der Waals surface area contributed by atoms with Crippen LogP contribution in [0.4, 0.5) is 0 Å². The monoisotopic (exact) mass is 378 g/mol. The van der Waals surface area contributed by atoms with Crippen molar-refractivity contribution in [2.24, 2.45) is 0 Å². The number of carbonyl (C=O) groups is 1. The number of hydrogen-bond donors (Lipinski definition) is 1. The van der Waals surface area contributed by atoms with Crippen molar-refractivity contribution < 1.29 is 4.79 Å². The molecule has 1 atom stereocenters. The normalized spacial score (nSPS) is 16.6. The highest BCUT2D eigenvalue weighted by atomic mass is 16.1. The minimum atomic E-state index is -0.0189. The molecule has 0 saturated carbocycles. The Labute approximate surface area is 170 Å². The van der Waals surface area contributed by atoms with Crippen LogP contribution < -0.4 is 5.32 Å². The highest BCUT2D eigenvalue weighted by Gasteiger charge is 2.16. The number of benzene rings is 2. The Morgan fingerprint density at radius 1 is 0.964 bits per heavy atom. The average molecular weight is 379 g/mol. The average Bonchev–Trinajstić information content (AvgIpc) is 2.68. The van der Waals surface area contributed by atoms with Crippen molar-refractivity contribution in [3.63, 3.8) is 0 Å². The number of hydrogen-bond acceptors (Lipinski definition) is 2. The fraction of sp³-hybridized carbons (Fsp3) is 0.480. The third kappa shape index (κ3) is 5.45. The first-order valence-electron chi connectivity index (χ1n) is 10.6. The molecule has 1 aliphatic rings. The molecule has 1 aliphatic heterocycles. The molecule has 0 spiro atoms. The van der Waals surface area contributed by atoms with Crippen molar-refractivity contribution in [1.82, 2.24) is 10.2 Å². The summed E-state index contributed by atoms with van der Waals surface area (Å²) in [5.74, 6) is -0.0167. The molecule has 2 aromatic carbocycles. The molecule has 28 heavy (non-hydrogen) atoms. The van der Waals surface area contributed by atoms with Crippen LogP contribution in [0.3, 0.4) is 0 Å². The van der Waals surface area contributed by atoms with E-state index in [1.54, 1.807) is 0 Å². The van der Waals surface area contributed by atoms with E-state index in [4.69, 9.17) is 0 Å². The van der Waals surface area contributed by atoms with Crippen molar-refractivity contribution in [3.05, 3.63) is 70.8 Å². The summed E-state index contributed by atoms with van der Waals surface area (Å²) in [6, 6.07) is 16.6. The van der Waals surface area contributed by atoms with Gasteiger partial charge >= 0.3 is 0 Å². The minimum absolute atomic E-state index is 0.0167. The Bertz CT molecular complexity index is 766. The maximum absolute atomic E-state index is 12.6. The minimum Gasteiger partial charge on any atom is -0.346 e. The van der Waals surface area contributed by atoms with Crippen LogP contribution >= 0.6 is 0 Å². The Morgan fingerprint density at radius 2 is 1.57 bits per heavy atom. The van der Waals surface area contributed by atoms with Gasteiger partial charge in [-0.05, 0) is 67.1 Å². The van der Waals surface area contributed by atoms with Gasteiger partial charge < -0.3 is 5.32 Å². The predicted octanol–water partition coefficient (Wildman–Crippen LogP) is 5.46. The number of nitrogens with one attached hydrogen (secondary N) is 1. The summed E-state index contributed by atoms with van der Waals surface area (Å²) in [7, 11) is 0. The van der Waals surface area contributed by atoms with Gasteiger partial charge in [0.05, 0.1) is 6.04 Å². The van der Waals surface area contributed by atoms with Gasteiger partial charge in [0.1, 0.15) is 0 Å². The van der Waals surface area contributed by atoms with E-state index in [1.165, 1.54) is 43.5 Å². The summed E-state index contributed by atoms with van der Waals surface area (Å²) in [6.07, 6.45) is 3.96. The molecule has 150 valence electrons. The van der Waals surface area contributed by atoms with Gasteiger partial charge in [-0.3, -0.25) is 9.69 Å². The molecule has 1 heterocycles. The van der Waals surface area contributed by atoms with Gasteiger partial charge in [-0.1, -0.05) is 63.6 Å². The molecule has 3 nitrogen and oxygen atoms in total. The SMILES string of the molecule is C[C@@H](NC(=O)c1ccc(CN2CCCCC2)cc1)c1ccc(C(C)(C)C)cc1. The van der Waals surface area contributed by atoms with Gasteiger partial charge in [-0.25, -0.2) is 0 Å². The zero-order valence-electron chi connectivity index (χ0n) is 17.8. The van der Waals surface area contributed by atoms with Crippen LogP contribution in [-0.4, -0.2) is 23.9 Å². The fourth-order valence-electron chi connectivity index (χ4n) is 3.77. The zero-order chi connectivity index (χ0) is 20.1. The zero-order valence-corrected chi connectivity index (χ0v) is 17.8. The van der Waals surface area contributed by atoms with Crippen molar-refractivity contribution in [2.45, 2.75) is 65.0 Å². The first kappa shape index (κ1) is 20.6. The molecule has 1 amide bonds. The van der Waals surface area contributed by atoms with Crippen molar-refractivity contribution >= 4 is 5.91 Å². The van der Waals surface area contributed by atoms with Crippen molar-refractivity contribution in [2.75, 3.05) is 13.1 Å². The van der Waals surface area contributed by atoms with E-state index in [2.05, 4.69) is 67.4 Å². The highest BCUT2D eigenvalue weighted by Crippen LogP contribution is 2.24. The van der Waals surface area contributed by atoms with Crippen LogP contribution in [0.15, 0.2) is 48.5 Å². The van der Waals surface area contributed by atoms with E-state index in [9.17, 15) is 4.79 Å². The van der Waals surface area contributed by atoms with Crippen LogP contribution in [0.1, 0.15) is 80.0 Å². The Hall–Kier alpha value is -2.13. The van der Waals surface area contributed by atoms with Crippen LogP contribution in [0, 0.1) is 0 Å². The summed E-state index contributed by atoms with van der Waals surface area (Å²) in [5.41, 5.74) is 4.58. The highest BCUT2D eigenvalue weighted by molar-refractivity contribution is 5.94. The third-order valence-electron chi connectivity index (χ3n) is 5.70. The standard InChI is InChI=1S/C25H34N2O/c1-19(21-12-14-23(15-13-21)25(2,3)4)26-24(28)22-10-8-20(9-11-22)18-27-16-6-5-7-17-27/h8-15,19H,5-7,16-18H2,1-4H3,(H,26,28)/t19-/m1/s1. The van der Waals surface area contributed by atoms with Crippen molar-refractivity contribution in [3.8, 4) is 0 Å². The van der Waals surface area contributed by atoms with E-state index in [0.29, 0.717) is 0 Å². The molecule has 2 aromatic rings. The molecular formula is C25H34N2O. The van der Waals surface area contributed by atoms with Gasteiger partial charge in [0.25, 0.3) is 5.91 Å². The van der Waals surface area contributed by atoms with Crippen LogP contribution in [-0.2, 0) is 12.0 Å². The summed E-state index contributed by atoms with van der Waals surface area (Å²) >= 11 is 0. The second kappa shape index (κ2) is 8.91. The number of rotatable bonds is 5. The molecule has 0 aromatic heterocycles. The number of nitrogens with zero attached hydrogens (tertiary/aromatic N) is 1. The maximum atomic E-state index is 12.6. The molecule has 1 fully saturated rings. The summed E-state index contributed by atoms with van der Waals surface area (Å²) in [4.78, 5) is 15.1. The third-order valence-corrected chi connectivity index (χ3v) is 5.70. The summed E-state index contributed by atoms with van der Waals surface area (Å²) in [5, 5.41) is 3.12. The molecule has 0 bridgehead atoms. The smallest absolute Gasteiger partial charge is 0.251 e. The molecule has 1 saturated heterocycles. The lowest BCUT2D eigenvalue weighted by Crippen LogP contribution is -2.29. The molecule has 0 radical (unpaired) electrons. The van der Waals surface area contributed by atoms with Crippen LogP contribution in [0.5, 0.6) is 0 Å². The van der Waals surface area contributed by atoms with E-state index in [-0.39, 0.29) is 17.4 Å². The summed E-state index contributed by atoms with van der Waals surface area (Å²) < 4.78 is 0. The second-order valence-electron chi connectivity index (χ2n) is 9.10. The molecule has 3 heteroatoms. The van der Waals surface area contributed by atoms with Crippen LogP contribution in [0.2, 0.25) is 0 Å². The first-order chi connectivity index (χ1) is 13.3. The van der Waals surface area contributed by atoms with Gasteiger partial charge in [-0.15, -0.1) is 0 Å². The molecular weight excluding hydrogens is 344 g/mol. The quantitative estimate of drug-likeness (QED) is 0.749. The molecule has 0 unspecified atom stereocenters.